The molecule has 0 aliphatic carbocycles. The lowest BCUT2D eigenvalue weighted by atomic mass is 10.1. The number of aromatic nitrogens is 2. The summed E-state index contributed by atoms with van der Waals surface area (Å²) in [6.45, 7) is 1.10. The van der Waals surface area contributed by atoms with Gasteiger partial charge in [-0.1, -0.05) is 12.1 Å². The average molecular weight is 442 g/mol. The van der Waals surface area contributed by atoms with Gasteiger partial charge in [-0.15, -0.1) is 0 Å². The van der Waals surface area contributed by atoms with E-state index in [-0.39, 0.29) is 0 Å². The smallest absolute Gasteiger partial charge is 0.329 e. The van der Waals surface area contributed by atoms with Crippen molar-refractivity contribution in [1.82, 2.24) is 9.55 Å². The molecule has 0 saturated heterocycles. The Morgan fingerprint density at radius 1 is 1.16 bits per heavy atom. The Bertz CT molecular complexity index is 1220. The maximum absolute atomic E-state index is 13.2. The number of hydrogen-bond acceptors (Lipinski definition) is 6. The zero-order chi connectivity index (χ0) is 21.8. The van der Waals surface area contributed by atoms with Crippen molar-refractivity contribution < 1.29 is 14.3 Å². The van der Waals surface area contributed by atoms with Gasteiger partial charge < -0.3 is 19.8 Å². The lowest BCUT2D eigenvalue weighted by Gasteiger charge is -2.19. The summed E-state index contributed by atoms with van der Waals surface area (Å²) in [7, 11) is 0. The second kappa shape index (κ2) is 9.30. The van der Waals surface area contributed by atoms with E-state index in [4.69, 9.17) is 9.47 Å². The summed E-state index contributed by atoms with van der Waals surface area (Å²) in [5.41, 5.74) is -0.141. The molecule has 2 aromatic carbocycles. The molecule has 2 N–H and O–H groups in total. The number of carbonyl (C=O) groups excluding carboxylic acids is 1. The molecule has 0 radical (unpaired) electrons. The molecule has 0 unspecified atom stereocenters. The number of H-pyrrole nitrogens is 1. The number of ether oxygens (including phenoxy) is 2. The van der Waals surface area contributed by atoms with E-state index in [0.29, 0.717) is 53.5 Å². The lowest BCUT2D eigenvalue weighted by molar-refractivity contribution is -0.119. The Morgan fingerprint density at radius 2 is 1.94 bits per heavy atom. The summed E-state index contributed by atoms with van der Waals surface area (Å²) in [6.07, 6.45) is 3.02. The fourth-order valence-electron chi connectivity index (χ4n) is 3.53. The van der Waals surface area contributed by atoms with E-state index in [0.717, 1.165) is 11.0 Å². The Labute approximate surface area is 182 Å². The average Bonchev–Trinajstić information content (AvgIpc) is 3.01. The van der Waals surface area contributed by atoms with Crippen LogP contribution in [0.2, 0.25) is 0 Å². The van der Waals surface area contributed by atoms with Crippen molar-refractivity contribution in [3.8, 4) is 11.5 Å². The second-order valence-corrected chi connectivity index (χ2v) is 8.14. The Morgan fingerprint density at radius 3 is 2.74 bits per heavy atom. The van der Waals surface area contributed by atoms with Crippen LogP contribution in [0.4, 0.5) is 5.69 Å². The summed E-state index contributed by atoms with van der Waals surface area (Å²) in [5, 5.41) is 3.19. The number of carbonyl (C=O) groups is 1. The van der Waals surface area contributed by atoms with Crippen LogP contribution in [-0.4, -0.2) is 40.7 Å². The number of hydrogen-bond donors (Lipinski definition) is 2. The highest BCUT2D eigenvalue weighted by Crippen LogP contribution is 2.32. The van der Waals surface area contributed by atoms with E-state index in [2.05, 4.69) is 10.3 Å². The van der Waals surface area contributed by atoms with Gasteiger partial charge in [-0.3, -0.25) is 9.59 Å². The van der Waals surface area contributed by atoms with Crippen molar-refractivity contribution in [3.63, 3.8) is 0 Å². The molecular formula is C22H23N3O5S. The fraction of sp³-hybridized carbons (Fsp3) is 0.318. The number of fused-ring (bicyclic) bond motifs is 2. The van der Waals surface area contributed by atoms with Crippen molar-refractivity contribution in [2.24, 2.45) is 0 Å². The number of rotatable bonds is 6. The number of nitrogens with one attached hydrogen (secondary N) is 2. The van der Waals surface area contributed by atoms with Gasteiger partial charge >= 0.3 is 5.69 Å². The predicted molar refractivity (Wildman–Crippen MR) is 122 cm³/mol. The van der Waals surface area contributed by atoms with Gasteiger partial charge in [0.25, 0.3) is 5.56 Å². The van der Waals surface area contributed by atoms with Gasteiger partial charge in [-0.2, -0.15) is 11.8 Å². The standard InChI is InChI=1S/C22H23N3O5S/c1-31-12-9-17(25-21(27)15-5-2-3-6-16(15)24-22(25)28)20(26)23-14-7-8-18-19(13-14)30-11-4-10-29-18/h2-3,5-8,13,17H,4,9-12H2,1H3,(H,23,26)(H,24,28)/t17-/m0/s1. The van der Waals surface area contributed by atoms with E-state index >= 15 is 0 Å². The number of aromatic amines is 1. The highest BCUT2D eigenvalue weighted by atomic mass is 32.2. The van der Waals surface area contributed by atoms with Crippen molar-refractivity contribution in [2.75, 3.05) is 30.5 Å². The molecule has 162 valence electrons. The Balaban J connectivity index is 1.68. The lowest BCUT2D eigenvalue weighted by Crippen LogP contribution is -2.43. The second-order valence-electron chi connectivity index (χ2n) is 7.15. The molecule has 1 aliphatic heterocycles. The number of thioether (sulfide) groups is 1. The van der Waals surface area contributed by atoms with Gasteiger partial charge in [0, 0.05) is 18.2 Å². The van der Waals surface area contributed by atoms with E-state index in [1.54, 1.807) is 54.2 Å². The van der Waals surface area contributed by atoms with E-state index in [9.17, 15) is 14.4 Å². The fourth-order valence-corrected chi connectivity index (χ4v) is 3.99. The Hall–Kier alpha value is -3.20. The first-order valence-electron chi connectivity index (χ1n) is 10.0. The molecule has 31 heavy (non-hydrogen) atoms. The van der Waals surface area contributed by atoms with E-state index in [1.807, 2.05) is 6.26 Å². The quantitative estimate of drug-likeness (QED) is 0.610. The zero-order valence-electron chi connectivity index (χ0n) is 17.1. The van der Waals surface area contributed by atoms with Crippen molar-refractivity contribution in [1.29, 1.82) is 0 Å². The van der Waals surface area contributed by atoms with Crippen LogP contribution in [-0.2, 0) is 4.79 Å². The van der Waals surface area contributed by atoms with Crippen molar-refractivity contribution >= 4 is 34.3 Å². The van der Waals surface area contributed by atoms with Crippen LogP contribution in [0.5, 0.6) is 11.5 Å². The summed E-state index contributed by atoms with van der Waals surface area (Å²) < 4.78 is 12.3. The van der Waals surface area contributed by atoms with Gasteiger partial charge in [-0.25, -0.2) is 9.36 Å². The molecule has 3 aromatic rings. The minimum absolute atomic E-state index is 0.332. The minimum atomic E-state index is -0.954. The molecule has 4 rings (SSSR count). The SMILES string of the molecule is CSCC[C@@H](C(=O)Nc1ccc2c(c1)OCCCO2)n1c(=O)[nH]c2ccccc2c1=O. The first-order valence-corrected chi connectivity index (χ1v) is 11.4. The summed E-state index contributed by atoms with van der Waals surface area (Å²) >= 11 is 1.54. The molecule has 8 nitrogen and oxygen atoms in total. The van der Waals surface area contributed by atoms with Gasteiger partial charge in [0.05, 0.1) is 24.1 Å². The van der Waals surface area contributed by atoms with E-state index in [1.165, 1.54) is 0 Å². The predicted octanol–water partition coefficient (Wildman–Crippen LogP) is 2.78. The third kappa shape index (κ3) is 4.46. The van der Waals surface area contributed by atoms with Crippen molar-refractivity contribution in [3.05, 3.63) is 63.3 Å². The van der Waals surface area contributed by atoms with Crippen LogP contribution in [0.15, 0.2) is 52.1 Å². The highest BCUT2D eigenvalue weighted by Gasteiger charge is 2.25. The van der Waals surface area contributed by atoms with Crippen LogP contribution in [0.1, 0.15) is 18.9 Å². The normalized spacial score (nSPS) is 14.1. The number of nitrogens with zero attached hydrogens (tertiary/aromatic N) is 1. The van der Waals surface area contributed by atoms with Gasteiger partial charge in [0.1, 0.15) is 6.04 Å². The molecule has 1 aromatic heterocycles. The maximum atomic E-state index is 13.2. The van der Waals surface area contributed by atoms with Crippen molar-refractivity contribution in [2.45, 2.75) is 18.9 Å². The molecule has 0 fully saturated rings. The minimum Gasteiger partial charge on any atom is -0.490 e. The molecule has 2 heterocycles. The van der Waals surface area contributed by atoms with Gasteiger partial charge in [0.15, 0.2) is 11.5 Å². The number of para-hydroxylation sites is 1. The van der Waals surface area contributed by atoms with Crippen LogP contribution >= 0.6 is 11.8 Å². The zero-order valence-corrected chi connectivity index (χ0v) is 17.9. The number of benzene rings is 2. The summed E-state index contributed by atoms with van der Waals surface area (Å²) in [4.78, 5) is 41.7. The topological polar surface area (TPSA) is 102 Å². The van der Waals surface area contributed by atoms with E-state index < -0.39 is 23.2 Å². The molecule has 1 atom stereocenters. The third-order valence-electron chi connectivity index (χ3n) is 5.06. The molecular weight excluding hydrogens is 418 g/mol. The molecule has 1 aliphatic rings. The molecule has 0 saturated carbocycles. The van der Waals surface area contributed by atoms with Crippen LogP contribution in [0.3, 0.4) is 0 Å². The number of anilines is 1. The largest absolute Gasteiger partial charge is 0.490 e. The van der Waals surface area contributed by atoms with Gasteiger partial charge in [0.2, 0.25) is 5.91 Å². The van der Waals surface area contributed by atoms with Crippen LogP contribution in [0, 0.1) is 0 Å². The molecule has 0 spiro atoms. The maximum Gasteiger partial charge on any atom is 0.329 e. The monoisotopic (exact) mass is 441 g/mol. The third-order valence-corrected chi connectivity index (χ3v) is 5.71. The van der Waals surface area contributed by atoms with Crippen LogP contribution in [0.25, 0.3) is 10.9 Å². The van der Waals surface area contributed by atoms with Crippen LogP contribution < -0.4 is 26.0 Å². The summed E-state index contributed by atoms with van der Waals surface area (Å²) in [5.74, 6) is 1.34. The highest BCUT2D eigenvalue weighted by molar-refractivity contribution is 7.98. The summed E-state index contributed by atoms with van der Waals surface area (Å²) in [6, 6.07) is 11.0. The Kier molecular flexibility index (Phi) is 6.31. The molecule has 0 bridgehead atoms. The molecule has 9 heteroatoms. The first-order chi connectivity index (χ1) is 15.1. The first kappa shape index (κ1) is 21.0. The van der Waals surface area contributed by atoms with Gasteiger partial charge in [-0.05, 0) is 42.7 Å². The molecule has 1 amide bonds. The number of amides is 1.